The summed E-state index contributed by atoms with van der Waals surface area (Å²) in [6.07, 6.45) is 3.41. The van der Waals surface area contributed by atoms with Crippen molar-refractivity contribution in [2.75, 3.05) is 6.54 Å². The van der Waals surface area contributed by atoms with Crippen molar-refractivity contribution in [3.8, 4) is 0 Å². The summed E-state index contributed by atoms with van der Waals surface area (Å²) in [5, 5.41) is 12.3. The number of aromatic amines is 1. The second kappa shape index (κ2) is 4.19. The zero-order valence-corrected chi connectivity index (χ0v) is 7.79. The van der Waals surface area contributed by atoms with Gasteiger partial charge in [0.15, 0.2) is 0 Å². The molecular formula is C8H13N5O. The lowest BCUT2D eigenvalue weighted by atomic mass is 10.2. The highest BCUT2D eigenvalue weighted by molar-refractivity contribution is 5.81. The van der Waals surface area contributed by atoms with Crippen LogP contribution in [0.5, 0.6) is 0 Å². The number of nitrogens with zero attached hydrogens (tertiary/aromatic N) is 2. The average Bonchev–Trinajstić information content (AvgIpc) is 2.87. The molecule has 1 fully saturated rings. The Morgan fingerprint density at radius 2 is 2.64 bits per heavy atom. The van der Waals surface area contributed by atoms with Crippen molar-refractivity contribution in [1.29, 1.82) is 0 Å². The molecule has 14 heavy (non-hydrogen) atoms. The lowest BCUT2D eigenvalue weighted by Gasteiger charge is -2.09. The van der Waals surface area contributed by atoms with Gasteiger partial charge >= 0.3 is 0 Å². The lowest BCUT2D eigenvalue weighted by molar-refractivity contribution is -0.122. The number of carbonyl (C=O) groups is 1. The van der Waals surface area contributed by atoms with Crippen molar-refractivity contribution >= 4 is 5.91 Å². The van der Waals surface area contributed by atoms with Crippen molar-refractivity contribution < 1.29 is 4.79 Å². The van der Waals surface area contributed by atoms with Gasteiger partial charge in [-0.3, -0.25) is 9.89 Å². The van der Waals surface area contributed by atoms with E-state index in [0.29, 0.717) is 12.4 Å². The average molecular weight is 195 g/mol. The van der Waals surface area contributed by atoms with Gasteiger partial charge in [0.05, 0.1) is 12.6 Å². The van der Waals surface area contributed by atoms with Crippen LogP contribution < -0.4 is 10.6 Å². The van der Waals surface area contributed by atoms with Gasteiger partial charge < -0.3 is 10.6 Å². The summed E-state index contributed by atoms with van der Waals surface area (Å²) in [6.45, 7) is 1.34. The molecule has 76 valence electrons. The van der Waals surface area contributed by atoms with Crippen LogP contribution >= 0.6 is 0 Å². The van der Waals surface area contributed by atoms with E-state index in [0.717, 1.165) is 19.4 Å². The summed E-state index contributed by atoms with van der Waals surface area (Å²) in [5.41, 5.74) is 0. The van der Waals surface area contributed by atoms with Crippen LogP contribution in [0.4, 0.5) is 0 Å². The van der Waals surface area contributed by atoms with E-state index in [9.17, 15) is 4.79 Å². The van der Waals surface area contributed by atoms with Crippen molar-refractivity contribution in [2.45, 2.75) is 25.4 Å². The molecule has 1 unspecified atom stereocenters. The van der Waals surface area contributed by atoms with Gasteiger partial charge in [-0.25, -0.2) is 4.98 Å². The van der Waals surface area contributed by atoms with E-state index in [1.54, 1.807) is 0 Å². The highest BCUT2D eigenvalue weighted by Crippen LogP contribution is 2.04. The fourth-order valence-electron chi connectivity index (χ4n) is 1.52. The molecule has 6 heteroatoms. The van der Waals surface area contributed by atoms with Crippen LogP contribution in [-0.2, 0) is 11.3 Å². The van der Waals surface area contributed by atoms with Crippen molar-refractivity contribution in [2.24, 2.45) is 0 Å². The molecule has 1 aromatic rings. The molecule has 6 nitrogen and oxygen atoms in total. The predicted octanol–water partition coefficient (Wildman–Crippen LogP) is -0.827. The number of nitrogens with one attached hydrogen (secondary N) is 3. The van der Waals surface area contributed by atoms with Crippen molar-refractivity contribution in [3.05, 3.63) is 12.2 Å². The summed E-state index contributed by atoms with van der Waals surface area (Å²) < 4.78 is 0. The molecule has 1 aliphatic rings. The maximum atomic E-state index is 11.5. The molecule has 0 aliphatic carbocycles. The van der Waals surface area contributed by atoms with Gasteiger partial charge in [-0.1, -0.05) is 0 Å². The maximum Gasteiger partial charge on any atom is 0.237 e. The van der Waals surface area contributed by atoms with Crippen LogP contribution in [0, 0.1) is 0 Å². The van der Waals surface area contributed by atoms with Crippen molar-refractivity contribution in [3.63, 3.8) is 0 Å². The van der Waals surface area contributed by atoms with Gasteiger partial charge in [-0.15, -0.1) is 0 Å². The fraction of sp³-hybridized carbons (Fsp3) is 0.625. The number of H-pyrrole nitrogens is 1. The minimum Gasteiger partial charge on any atom is -0.347 e. The molecule has 1 aromatic heterocycles. The molecule has 1 saturated heterocycles. The van der Waals surface area contributed by atoms with Crippen LogP contribution in [-0.4, -0.2) is 33.7 Å². The van der Waals surface area contributed by atoms with Gasteiger partial charge in [0.25, 0.3) is 0 Å². The molecule has 0 saturated carbocycles. The van der Waals surface area contributed by atoms with Crippen LogP contribution in [0.15, 0.2) is 6.33 Å². The number of rotatable bonds is 3. The smallest absolute Gasteiger partial charge is 0.237 e. The molecule has 0 bridgehead atoms. The van der Waals surface area contributed by atoms with Gasteiger partial charge in [-0.05, 0) is 19.4 Å². The summed E-state index contributed by atoms with van der Waals surface area (Å²) >= 11 is 0. The summed E-state index contributed by atoms with van der Waals surface area (Å²) in [7, 11) is 0. The van der Waals surface area contributed by atoms with Gasteiger partial charge in [0.1, 0.15) is 12.2 Å². The Balaban J connectivity index is 1.77. The van der Waals surface area contributed by atoms with Gasteiger partial charge in [-0.2, -0.15) is 5.10 Å². The standard InChI is InChI=1S/C8H13N5O/c14-8(6-2-1-3-9-6)10-4-7-11-5-12-13-7/h5-6,9H,1-4H2,(H,10,14)(H,11,12,13). The molecule has 0 radical (unpaired) electrons. The van der Waals surface area contributed by atoms with Crippen LogP contribution in [0.25, 0.3) is 0 Å². The third kappa shape index (κ3) is 2.08. The quantitative estimate of drug-likeness (QED) is 0.588. The molecule has 1 atom stereocenters. The first-order valence-electron chi connectivity index (χ1n) is 4.71. The zero-order valence-electron chi connectivity index (χ0n) is 7.79. The normalized spacial score (nSPS) is 21.0. The van der Waals surface area contributed by atoms with Crippen LogP contribution in [0.3, 0.4) is 0 Å². The second-order valence-corrected chi connectivity index (χ2v) is 3.30. The third-order valence-electron chi connectivity index (χ3n) is 2.27. The summed E-state index contributed by atoms with van der Waals surface area (Å²) in [6, 6.07) is -0.0297. The Labute approximate surface area is 81.5 Å². The zero-order chi connectivity index (χ0) is 9.80. The molecule has 3 N–H and O–H groups in total. The summed E-state index contributed by atoms with van der Waals surface area (Å²) in [4.78, 5) is 15.4. The molecular weight excluding hydrogens is 182 g/mol. The molecule has 2 heterocycles. The van der Waals surface area contributed by atoms with Crippen molar-refractivity contribution in [1.82, 2.24) is 25.8 Å². The topological polar surface area (TPSA) is 82.7 Å². The highest BCUT2D eigenvalue weighted by Gasteiger charge is 2.21. The summed E-state index contributed by atoms with van der Waals surface area (Å²) in [5.74, 6) is 0.718. The first-order chi connectivity index (χ1) is 6.86. The van der Waals surface area contributed by atoms with Crippen LogP contribution in [0.2, 0.25) is 0 Å². The maximum absolute atomic E-state index is 11.5. The Bertz CT molecular complexity index is 291. The fourth-order valence-corrected chi connectivity index (χ4v) is 1.52. The Morgan fingerprint density at radius 1 is 1.71 bits per heavy atom. The van der Waals surface area contributed by atoms with E-state index in [1.807, 2.05) is 0 Å². The van der Waals surface area contributed by atoms with Crippen LogP contribution in [0.1, 0.15) is 18.7 Å². The second-order valence-electron chi connectivity index (χ2n) is 3.30. The first-order valence-corrected chi connectivity index (χ1v) is 4.71. The monoisotopic (exact) mass is 195 g/mol. The Hall–Kier alpha value is -1.43. The van der Waals surface area contributed by atoms with Gasteiger partial charge in [0, 0.05) is 0 Å². The van der Waals surface area contributed by atoms with Gasteiger partial charge in [0.2, 0.25) is 5.91 Å². The van der Waals surface area contributed by atoms with E-state index < -0.39 is 0 Å². The van der Waals surface area contributed by atoms with E-state index in [4.69, 9.17) is 0 Å². The van der Waals surface area contributed by atoms with E-state index in [-0.39, 0.29) is 11.9 Å². The van der Waals surface area contributed by atoms with E-state index in [1.165, 1.54) is 6.33 Å². The molecule has 1 aliphatic heterocycles. The Morgan fingerprint density at radius 3 is 3.29 bits per heavy atom. The van der Waals surface area contributed by atoms with E-state index >= 15 is 0 Å². The minimum atomic E-state index is -0.0297. The molecule has 0 spiro atoms. The third-order valence-corrected chi connectivity index (χ3v) is 2.27. The largest absolute Gasteiger partial charge is 0.347 e. The molecule has 2 rings (SSSR count). The minimum absolute atomic E-state index is 0.0297. The number of carbonyl (C=O) groups excluding carboxylic acids is 1. The van der Waals surface area contributed by atoms with E-state index in [2.05, 4.69) is 25.8 Å². The first kappa shape index (κ1) is 9.14. The number of amides is 1. The molecule has 0 aromatic carbocycles. The number of hydrogen-bond acceptors (Lipinski definition) is 4. The Kier molecular flexibility index (Phi) is 2.73. The molecule has 1 amide bonds. The number of aromatic nitrogens is 3. The SMILES string of the molecule is O=C(NCc1ncn[nH]1)C1CCCN1. The lowest BCUT2D eigenvalue weighted by Crippen LogP contribution is -2.40. The highest BCUT2D eigenvalue weighted by atomic mass is 16.2. The predicted molar refractivity (Wildman–Crippen MR) is 49.3 cm³/mol. The number of hydrogen-bond donors (Lipinski definition) is 3.